The molecule has 0 unspecified atom stereocenters. The summed E-state index contributed by atoms with van der Waals surface area (Å²) in [6.45, 7) is 7.13. The van der Waals surface area contributed by atoms with Gasteiger partial charge in [0.15, 0.2) is 6.61 Å². The van der Waals surface area contributed by atoms with Crippen molar-refractivity contribution in [1.82, 2.24) is 9.78 Å². The lowest BCUT2D eigenvalue weighted by Gasteiger charge is -2.19. The summed E-state index contributed by atoms with van der Waals surface area (Å²) in [5, 5.41) is 7.17. The number of ether oxygens (including phenoxy) is 1. The van der Waals surface area contributed by atoms with Crippen molar-refractivity contribution in [2.75, 3.05) is 11.9 Å². The zero-order chi connectivity index (χ0) is 19.3. The van der Waals surface area contributed by atoms with Gasteiger partial charge in [-0.15, -0.1) is 0 Å². The average Bonchev–Trinajstić information content (AvgIpc) is 3.07. The van der Waals surface area contributed by atoms with E-state index >= 15 is 0 Å². The van der Waals surface area contributed by atoms with Crippen LogP contribution < -0.4 is 10.1 Å². The van der Waals surface area contributed by atoms with E-state index in [1.54, 1.807) is 16.9 Å². The van der Waals surface area contributed by atoms with Gasteiger partial charge in [-0.05, 0) is 28.7 Å². The van der Waals surface area contributed by atoms with E-state index in [2.05, 4.69) is 55.5 Å². The molecule has 1 heterocycles. The number of nitrogens with zero attached hydrogens (tertiary/aromatic N) is 2. The largest absolute Gasteiger partial charge is 0.484 e. The lowest BCUT2D eigenvalue weighted by Crippen LogP contribution is -2.22. The minimum absolute atomic E-state index is 0.0462. The van der Waals surface area contributed by atoms with Crippen LogP contribution in [0, 0.1) is 0 Å². The summed E-state index contributed by atoms with van der Waals surface area (Å²) >= 11 is 0. The minimum Gasteiger partial charge on any atom is -0.484 e. The molecular formula is C22H25N3O2. The molecule has 3 aromatic rings. The van der Waals surface area contributed by atoms with Gasteiger partial charge in [-0.2, -0.15) is 5.10 Å². The van der Waals surface area contributed by atoms with E-state index in [1.807, 2.05) is 30.3 Å². The van der Waals surface area contributed by atoms with Crippen LogP contribution in [0.1, 0.15) is 31.9 Å². The van der Waals surface area contributed by atoms with Crippen LogP contribution in [0.5, 0.6) is 5.75 Å². The molecule has 0 aliphatic carbocycles. The molecule has 3 rings (SSSR count). The fourth-order valence-electron chi connectivity index (χ4n) is 2.69. The lowest BCUT2D eigenvalue weighted by atomic mass is 9.87. The zero-order valence-electron chi connectivity index (χ0n) is 16.0. The molecule has 0 spiro atoms. The third-order valence-corrected chi connectivity index (χ3v) is 4.25. The average molecular weight is 363 g/mol. The minimum atomic E-state index is -0.219. The van der Waals surface area contributed by atoms with E-state index in [9.17, 15) is 4.79 Å². The van der Waals surface area contributed by atoms with Crippen molar-refractivity contribution in [2.24, 2.45) is 0 Å². The third kappa shape index (κ3) is 5.20. The molecule has 0 atom stereocenters. The van der Waals surface area contributed by atoms with Crippen molar-refractivity contribution < 1.29 is 9.53 Å². The molecule has 0 saturated heterocycles. The van der Waals surface area contributed by atoms with Crippen LogP contribution in [0.25, 0.3) is 0 Å². The van der Waals surface area contributed by atoms with Gasteiger partial charge in [0.25, 0.3) is 5.91 Å². The number of amides is 1. The summed E-state index contributed by atoms with van der Waals surface area (Å²) in [7, 11) is 0. The Morgan fingerprint density at radius 1 is 1.04 bits per heavy atom. The highest BCUT2D eigenvalue weighted by atomic mass is 16.5. The summed E-state index contributed by atoms with van der Waals surface area (Å²) in [4.78, 5) is 12.2. The van der Waals surface area contributed by atoms with Crippen LogP contribution in [-0.2, 0) is 16.8 Å². The fourth-order valence-corrected chi connectivity index (χ4v) is 2.69. The number of anilines is 1. The van der Waals surface area contributed by atoms with Crippen molar-refractivity contribution in [1.29, 1.82) is 0 Å². The van der Waals surface area contributed by atoms with Crippen molar-refractivity contribution in [3.8, 4) is 5.75 Å². The number of hydrogen-bond donors (Lipinski definition) is 1. The quantitative estimate of drug-likeness (QED) is 0.712. The molecule has 1 N–H and O–H groups in total. The van der Waals surface area contributed by atoms with Crippen LogP contribution in [0.4, 0.5) is 5.82 Å². The summed E-state index contributed by atoms with van der Waals surface area (Å²) in [6.07, 6.45) is 1.68. The summed E-state index contributed by atoms with van der Waals surface area (Å²) < 4.78 is 7.25. The van der Waals surface area contributed by atoms with Crippen molar-refractivity contribution in [3.05, 3.63) is 78.0 Å². The Hall–Kier alpha value is -3.08. The number of carbonyl (C=O) groups is 1. The lowest BCUT2D eigenvalue weighted by molar-refractivity contribution is -0.118. The monoisotopic (exact) mass is 363 g/mol. The Bertz CT molecular complexity index is 878. The van der Waals surface area contributed by atoms with Gasteiger partial charge in [0.1, 0.15) is 11.6 Å². The molecule has 27 heavy (non-hydrogen) atoms. The summed E-state index contributed by atoms with van der Waals surface area (Å²) in [5.41, 5.74) is 2.54. The van der Waals surface area contributed by atoms with Gasteiger partial charge >= 0.3 is 0 Å². The van der Waals surface area contributed by atoms with Gasteiger partial charge in [0.2, 0.25) is 0 Å². The first-order chi connectivity index (χ1) is 12.9. The number of nitrogens with one attached hydrogen (secondary N) is 1. The molecule has 0 saturated carbocycles. The highest BCUT2D eigenvalue weighted by molar-refractivity contribution is 5.91. The number of rotatable bonds is 6. The molecule has 2 aromatic carbocycles. The molecular weight excluding hydrogens is 338 g/mol. The standard InChI is InChI=1S/C22H25N3O2/c1-22(2,3)18-11-9-17(10-12-18)15-25-20(13-14-23-25)24-21(26)16-27-19-7-5-4-6-8-19/h4-14H,15-16H2,1-3H3,(H,24,26). The molecule has 5 nitrogen and oxygen atoms in total. The van der Waals surface area contributed by atoms with Gasteiger partial charge in [-0.25, -0.2) is 4.68 Å². The highest BCUT2D eigenvalue weighted by Crippen LogP contribution is 2.22. The van der Waals surface area contributed by atoms with Crippen molar-refractivity contribution in [3.63, 3.8) is 0 Å². The van der Waals surface area contributed by atoms with E-state index in [4.69, 9.17) is 4.74 Å². The SMILES string of the molecule is CC(C)(C)c1ccc(Cn2nccc2NC(=O)COc2ccccc2)cc1. The Balaban J connectivity index is 1.59. The Morgan fingerprint density at radius 3 is 2.41 bits per heavy atom. The summed E-state index contributed by atoms with van der Waals surface area (Å²) in [6, 6.07) is 19.6. The fraction of sp³-hybridized carbons (Fsp3) is 0.273. The smallest absolute Gasteiger partial charge is 0.263 e. The normalized spacial score (nSPS) is 11.2. The third-order valence-electron chi connectivity index (χ3n) is 4.25. The molecule has 0 fully saturated rings. The van der Waals surface area contributed by atoms with Gasteiger partial charge in [-0.1, -0.05) is 63.2 Å². The topological polar surface area (TPSA) is 56.2 Å². The van der Waals surface area contributed by atoms with Crippen molar-refractivity contribution >= 4 is 11.7 Å². The molecule has 1 aromatic heterocycles. The number of carbonyl (C=O) groups excluding carboxylic acids is 1. The van der Waals surface area contributed by atoms with Crippen LogP contribution in [-0.4, -0.2) is 22.3 Å². The first kappa shape index (κ1) is 18.7. The molecule has 1 amide bonds. The van der Waals surface area contributed by atoms with Gasteiger partial charge < -0.3 is 10.1 Å². The first-order valence-corrected chi connectivity index (χ1v) is 9.01. The molecule has 5 heteroatoms. The van der Waals surface area contributed by atoms with Crippen LogP contribution in [0.15, 0.2) is 66.9 Å². The van der Waals surface area contributed by atoms with E-state index in [1.165, 1.54) is 5.56 Å². The number of benzene rings is 2. The number of hydrogen-bond acceptors (Lipinski definition) is 3. The molecule has 0 bridgehead atoms. The summed E-state index contributed by atoms with van der Waals surface area (Å²) in [5.74, 6) is 1.10. The Kier molecular flexibility index (Phi) is 5.60. The predicted molar refractivity (Wildman–Crippen MR) is 107 cm³/mol. The van der Waals surface area contributed by atoms with E-state index < -0.39 is 0 Å². The maximum Gasteiger partial charge on any atom is 0.263 e. The molecule has 0 aliphatic heterocycles. The van der Waals surface area contributed by atoms with E-state index in [-0.39, 0.29) is 17.9 Å². The van der Waals surface area contributed by atoms with Gasteiger partial charge in [0, 0.05) is 6.07 Å². The van der Waals surface area contributed by atoms with Crippen LogP contribution >= 0.6 is 0 Å². The van der Waals surface area contributed by atoms with Crippen LogP contribution in [0.2, 0.25) is 0 Å². The van der Waals surface area contributed by atoms with Gasteiger partial charge in [-0.3, -0.25) is 4.79 Å². The van der Waals surface area contributed by atoms with Crippen molar-refractivity contribution in [2.45, 2.75) is 32.7 Å². The van der Waals surface area contributed by atoms with E-state index in [0.717, 1.165) is 5.56 Å². The molecule has 140 valence electrons. The molecule has 0 radical (unpaired) electrons. The Labute approximate surface area is 160 Å². The second-order valence-corrected chi connectivity index (χ2v) is 7.47. The second kappa shape index (κ2) is 8.08. The first-order valence-electron chi connectivity index (χ1n) is 9.01. The molecule has 0 aliphatic rings. The number of para-hydroxylation sites is 1. The maximum absolute atomic E-state index is 12.2. The Morgan fingerprint density at radius 2 is 1.74 bits per heavy atom. The van der Waals surface area contributed by atoms with E-state index in [0.29, 0.717) is 18.1 Å². The second-order valence-electron chi connectivity index (χ2n) is 7.47. The maximum atomic E-state index is 12.2. The zero-order valence-corrected chi connectivity index (χ0v) is 16.0. The predicted octanol–water partition coefficient (Wildman–Crippen LogP) is 4.25. The number of aromatic nitrogens is 2. The van der Waals surface area contributed by atoms with Gasteiger partial charge in [0.05, 0.1) is 12.7 Å². The van der Waals surface area contributed by atoms with Crippen LogP contribution in [0.3, 0.4) is 0 Å². The highest BCUT2D eigenvalue weighted by Gasteiger charge is 2.13.